The maximum absolute atomic E-state index is 10.8. The quantitative estimate of drug-likeness (QED) is 0.645. The summed E-state index contributed by atoms with van der Waals surface area (Å²) in [6.45, 7) is 2.59. The van der Waals surface area contributed by atoms with Crippen LogP contribution in [0.2, 0.25) is 0 Å². The van der Waals surface area contributed by atoms with E-state index in [9.17, 15) is 4.79 Å². The number of carboxylic acids is 1. The van der Waals surface area contributed by atoms with Gasteiger partial charge in [0.1, 0.15) is 0 Å². The van der Waals surface area contributed by atoms with E-state index in [1.165, 1.54) is 0 Å². The molecule has 0 aromatic rings. The van der Waals surface area contributed by atoms with Crippen molar-refractivity contribution in [2.75, 3.05) is 6.54 Å². The Balaban J connectivity index is 2.47. The highest BCUT2D eigenvalue weighted by atomic mass is 16.4. The Kier molecular flexibility index (Phi) is 3.08. The lowest BCUT2D eigenvalue weighted by Crippen LogP contribution is -2.38. The molecular formula is C8H14N2O2. The first-order valence-electron chi connectivity index (χ1n) is 4.23. The average molecular weight is 170 g/mol. The van der Waals surface area contributed by atoms with Crippen molar-refractivity contribution in [2.45, 2.75) is 25.8 Å². The maximum atomic E-state index is 10.8. The van der Waals surface area contributed by atoms with Gasteiger partial charge in [-0.2, -0.15) is 0 Å². The first kappa shape index (κ1) is 9.03. The van der Waals surface area contributed by atoms with Crippen LogP contribution in [0.5, 0.6) is 0 Å². The molecule has 0 bridgehead atoms. The number of nitrogens with zero attached hydrogens (tertiary/aromatic N) is 1. The molecule has 2 N–H and O–H groups in total. The molecule has 1 rings (SSSR count). The minimum atomic E-state index is -0.722. The van der Waals surface area contributed by atoms with E-state index >= 15 is 0 Å². The highest BCUT2D eigenvalue weighted by molar-refractivity contribution is 5.72. The number of carboxylic acid groups (broad SMARTS) is 1. The smallest absolute Gasteiger partial charge is 0.308 e. The number of aliphatic imine (C=N–C) groups is 1. The SMILES string of the molecule is CCCC(C(=O)O)C1CN=CN1. The van der Waals surface area contributed by atoms with E-state index in [1.807, 2.05) is 6.92 Å². The van der Waals surface area contributed by atoms with Gasteiger partial charge in [-0.3, -0.25) is 9.79 Å². The molecule has 0 amide bonds. The Morgan fingerprint density at radius 1 is 1.92 bits per heavy atom. The highest BCUT2D eigenvalue weighted by Crippen LogP contribution is 2.13. The van der Waals surface area contributed by atoms with Crippen LogP contribution in [-0.2, 0) is 4.79 Å². The molecule has 0 fully saturated rings. The summed E-state index contributed by atoms with van der Waals surface area (Å²) in [5.74, 6) is -1.02. The standard InChI is InChI=1S/C8H14N2O2/c1-2-3-6(8(11)12)7-4-9-5-10-7/h5-7H,2-4H2,1H3,(H,9,10)(H,11,12). The van der Waals surface area contributed by atoms with E-state index in [0.717, 1.165) is 12.8 Å². The molecule has 0 saturated carbocycles. The van der Waals surface area contributed by atoms with Crippen LogP contribution in [0.1, 0.15) is 19.8 Å². The predicted molar refractivity (Wildman–Crippen MR) is 46.3 cm³/mol. The van der Waals surface area contributed by atoms with Crippen LogP contribution in [0, 0.1) is 5.92 Å². The molecule has 2 unspecified atom stereocenters. The fourth-order valence-electron chi connectivity index (χ4n) is 1.42. The van der Waals surface area contributed by atoms with E-state index in [2.05, 4.69) is 10.3 Å². The number of nitrogens with one attached hydrogen (secondary N) is 1. The highest BCUT2D eigenvalue weighted by Gasteiger charge is 2.27. The lowest BCUT2D eigenvalue weighted by Gasteiger charge is -2.17. The summed E-state index contributed by atoms with van der Waals surface area (Å²) in [5, 5.41) is 11.8. The zero-order chi connectivity index (χ0) is 8.97. The van der Waals surface area contributed by atoms with Gasteiger partial charge < -0.3 is 10.4 Å². The molecule has 1 heterocycles. The van der Waals surface area contributed by atoms with Crippen molar-refractivity contribution in [1.29, 1.82) is 0 Å². The van der Waals surface area contributed by atoms with Gasteiger partial charge in [-0.1, -0.05) is 13.3 Å². The van der Waals surface area contributed by atoms with Crippen molar-refractivity contribution < 1.29 is 9.90 Å². The number of hydrogen-bond donors (Lipinski definition) is 2. The molecular weight excluding hydrogens is 156 g/mol. The fourth-order valence-corrected chi connectivity index (χ4v) is 1.42. The Morgan fingerprint density at radius 3 is 3.08 bits per heavy atom. The zero-order valence-electron chi connectivity index (χ0n) is 7.16. The van der Waals surface area contributed by atoms with Gasteiger partial charge in [0, 0.05) is 0 Å². The minimum absolute atomic E-state index is 0.00227. The first-order valence-corrected chi connectivity index (χ1v) is 4.23. The Bertz CT molecular complexity index is 183. The third kappa shape index (κ3) is 1.96. The van der Waals surface area contributed by atoms with Gasteiger partial charge in [0.2, 0.25) is 0 Å². The van der Waals surface area contributed by atoms with E-state index in [4.69, 9.17) is 5.11 Å². The Morgan fingerprint density at radius 2 is 2.67 bits per heavy atom. The largest absolute Gasteiger partial charge is 0.481 e. The molecule has 4 heteroatoms. The predicted octanol–water partition coefficient (Wildman–Crippen LogP) is 0.487. The van der Waals surface area contributed by atoms with E-state index < -0.39 is 5.97 Å². The van der Waals surface area contributed by atoms with Crippen molar-refractivity contribution in [3.05, 3.63) is 0 Å². The van der Waals surface area contributed by atoms with Crippen molar-refractivity contribution in [2.24, 2.45) is 10.9 Å². The molecule has 0 spiro atoms. The summed E-state index contributed by atoms with van der Waals surface area (Å²) in [5.41, 5.74) is 0. The molecule has 4 nitrogen and oxygen atoms in total. The van der Waals surface area contributed by atoms with Gasteiger partial charge in [0.25, 0.3) is 0 Å². The normalized spacial score (nSPS) is 23.6. The molecule has 0 aromatic heterocycles. The molecule has 0 radical (unpaired) electrons. The maximum Gasteiger partial charge on any atom is 0.308 e. The van der Waals surface area contributed by atoms with Crippen LogP contribution < -0.4 is 5.32 Å². The summed E-state index contributed by atoms with van der Waals surface area (Å²) in [7, 11) is 0. The van der Waals surface area contributed by atoms with Crippen LogP contribution in [0.25, 0.3) is 0 Å². The molecule has 68 valence electrons. The van der Waals surface area contributed by atoms with Gasteiger partial charge in [0.05, 0.1) is 24.8 Å². The first-order chi connectivity index (χ1) is 5.75. The molecule has 12 heavy (non-hydrogen) atoms. The second-order valence-corrected chi connectivity index (χ2v) is 3.00. The van der Waals surface area contributed by atoms with Crippen molar-refractivity contribution in [1.82, 2.24) is 5.32 Å². The number of rotatable bonds is 4. The molecule has 1 aliphatic heterocycles. The number of aliphatic carboxylic acids is 1. The second-order valence-electron chi connectivity index (χ2n) is 3.00. The lowest BCUT2D eigenvalue weighted by molar-refractivity contribution is -0.142. The monoisotopic (exact) mass is 170 g/mol. The molecule has 2 atom stereocenters. The fraction of sp³-hybridized carbons (Fsp3) is 0.750. The zero-order valence-corrected chi connectivity index (χ0v) is 7.16. The summed E-state index contributed by atoms with van der Waals surface area (Å²) in [6.07, 6.45) is 3.21. The van der Waals surface area contributed by atoms with Crippen LogP contribution in [0.3, 0.4) is 0 Å². The van der Waals surface area contributed by atoms with Crippen LogP contribution >= 0.6 is 0 Å². The molecule has 0 aromatic carbocycles. The van der Waals surface area contributed by atoms with E-state index in [0.29, 0.717) is 6.54 Å². The van der Waals surface area contributed by atoms with E-state index in [1.54, 1.807) is 6.34 Å². The third-order valence-electron chi connectivity index (χ3n) is 2.08. The third-order valence-corrected chi connectivity index (χ3v) is 2.08. The molecule has 1 aliphatic rings. The minimum Gasteiger partial charge on any atom is -0.481 e. The van der Waals surface area contributed by atoms with Gasteiger partial charge in [-0.15, -0.1) is 0 Å². The van der Waals surface area contributed by atoms with Crippen molar-refractivity contribution in [3.8, 4) is 0 Å². The van der Waals surface area contributed by atoms with Gasteiger partial charge in [0.15, 0.2) is 0 Å². The van der Waals surface area contributed by atoms with Crippen LogP contribution in [-0.4, -0.2) is 30.0 Å². The second kappa shape index (κ2) is 4.09. The van der Waals surface area contributed by atoms with Crippen molar-refractivity contribution in [3.63, 3.8) is 0 Å². The Labute approximate surface area is 71.7 Å². The lowest BCUT2D eigenvalue weighted by atomic mass is 9.95. The van der Waals surface area contributed by atoms with Crippen molar-refractivity contribution >= 4 is 12.3 Å². The topological polar surface area (TPSA) is 61.7 Å². The summed E-state index contributed by atoms with van der Waals surface area (Å²) in [6, 6.07) is 0.00227. The average Bonchev–Trinajstić information content (AvgIpc) is 2.51. The Hall–Kier alpha value is -1.06. The summed E-state index contributed by atoms with van der Waals surface area (Å²) in [4.78, 5) is 14.7. The van der Waals surface area contributed by atoms with Gasteiger partial charge >= 0.3 is 5.97 Å². The summed E-state index contributed by atoms with van der Waals surface area (Å²) >= 11 is 0. The van der Waals surface area contributed by atoms with Crippen LogP contribution in [0.15, 0.2) is 4.99 Å². The van der Waals surface area contributed by atoms with Gasteiger partial charge in [-0.25, -0.2) is 0 Å². The number of carbonyl (C=O) groups is 1. The molecule has 0 aliphatic carbocycles. The van der Waals surface area contributed by atoms with Gasteiger partial charge in [-0.05, 0) is 6.42 Å². The summed E-state index contributed by atoms with van der Waals surface area (Å²) < 4.78 is 0. The number of hydrogen-bond acceptors (Lipinski definition) is 3. The van der Waals surface area contributed by atoms with Crippen LogP contribution in [0.4, 0.5) is 0 Å². The molecule has 0 saturated heterocycles. The van der Waals surface area contributed by atoms with E-state index in [-0.39, 0.29) is 12.0 Å².